The molecule has 0 aliphatic heterocycles. The summed E-state index contributed by atoms with van der Waals surface area (Å²) >= 11 is 6.30. The average Bonchev–Trinajstić information content (AvgIpc) is 2.48. The van der Waals surface area contributed by atoms with Crippen molar-refractivity contribution in [1.82, 2.24) is 15.3 Å². The molecule has 0 spiro atoms. The van der Waals surface area contributed by atoms with E-state index in [0.29, 0.717) is 28.9 Å². The minimum absolute atomic E-state index is 0.273. The standard InChI is InChI=1S/C17H19ClN4O/c1-5-6-19-17(23)14-9-15(21-12(4)20-14)22-16-11(3)7-10(2)8-13(16)18/h5,7-9H,1,6H2,2-4H3,(H,19,23)(H,20,21,22). The predicted molar refractivity (Wildman–Crippen MR) is 93.5 cm³/mol. The van der Waals surface area contributed by atoms with Crippen molar-refractivity contribution in [2.45, 2.75) is 20.8 Å². The van der Waals surface area contributed by atoms with Crippen molar-refractivity contribution < 1.29 is 4.79 Å². The molecule has 23 heavy (non-hydrogen) atoms. The highest BCUT2D eigenvalue weighted by Gasteiger charge is 2.12. The lowest BCUT2D eigenvalue weighted by Gasteiger charge is -2.13. The Balaban J connectivity index is 2.32. The van der Waals surface area contributed by atoms with Gasteiger partial charge in [-0.25, -0.2) is 9.97 Å². The number of nitrogens with one attached hydrogen (secondary N) is 2. The van der Waals surface area contributed by atoms with Gasteiger partial charge < -0.3 is 10.6 Å². The molecule has 0 bridgehead atoms. The van der Waals surface area contributed by atoms with Gasteiger partial charge in [-0.2, -0.15) is 0 Å². The minimum Gasteiger partial charge on any atom is -0.347 e. The molecule has 2 rings (SSSR count). The summed E-state index contributed by atoms with van der Waals surface area (Å²) in [5.41, 5.74) is 3.15. The maximum Gasteiger partial charge on any atom is 0.270 e. The molecule has 0 fully saturated rings. The van der Waals surface area contributed by atoms with Gasteiger partial charge >= 0.3 is 0 Å². The van der Waals surface area contributed by atoms with E-state index in [9.17, 15) is 4.79 Å². The maximum absolute atomic E-state index is 12.0. The number of amides is 1. The third-order valence-corrected chi connectivity index (χ3v) is 3.46. The SMILES string of the molecule is C=CCNC(=O)c1cc(Nc2c(C)cc(C)cc2Cl)nc(C)n1. The lowest BCUT2D eigenvalue weighted by atomic mass is 10.1. The number of benzene rings is 1. The van der Waals surface area contributed by atoms with Gasteiger partial charge in [-0.3, -0.25) is 4.79 Å². The van der Waals surface area contributed by atoms with Crippen molar-refractivity contribution in [3.05, 3.63) is 58.5 Å². The van der Waals surface area contributed by atoms with E-state index in [-0.39, 0.29) is 5.91 Å². The lowest BCUT2D eigenvalue weighted by Crippen LogP contribution is -2.24. The van der Waals surface area contributed by atoms with Gasteiger partial charge in [0.1, 0.15) is 17.3 Å². The second-order valence-electron chi connectivity index (χ2n) is 5.25. The fourth-order valence-electron chi connectivity index (χ4n) is 2.21. The maximum atomic E-state index is 12.0. The summed E-state index contributed by atoms with van der Waals surface area (Å²) < 4.78 is 0. The van der Waals surface area contributed by atoms with Crippen LogP contribution in [0.3, 0.4) is 0 Å². The Morgan fingerprint density at radius 2 is 2.00 bits per heavy atom. The molecule has 0 radical (unpaired) electrons. The summed E-state index contributed by atoms with van der Waals surface area (Å²) in [6.07, 6.45) is 1.61. The van der Waals surface area contributed by atoms with Gasteiger partial charge in [0.2, 0.25) is 0 Å². The normalized spacial score (nSPS) is 10.3. The van der Waals surface area contributed by atoms with Gasteiger partial charge in [0.25, 0.3) is 5.91 Å². The van der Waals surface area contributed by atoms with Crippen LogP contribution in [0.2, 0.25) is 5.02 Å². The third-order valence-electron chi connectivity index (χ3n) is 3.16. The molecule has 1 aromatic heterocycles. The van der Waals surface area contributed by atoms with Crippen molar-refractivity contribution in [3.8, 4) is 0 Å². The van der Waals surface area contributed by atoms with Crippen LogP contribution in [0.4, 0.5) is 11.5 Å². The van der Waals surface area contributed by atoms with E-state index in [1.165, 1.54) is 0 Å². The monoisotopic (exact) mass is 330 g/mol. The Bertz CT molecular complexity index is 735. The summed E-state index contributed by atoms with van der Waals surface area (Å²) in [5.74, 6) is 0.750. The number of carbonyl (C=O) groups excluding carboxylic acids is 1. The number of rotatable bonds is 5. The van der Waals surface area contributed by atoms with Gasteiger partial charge in [0.05, 0.1) is 10.7 Å². The molecule has 1 amide bonds. The first kappa shape index (κ1) is 17.0. The molecule has 0 unspecified atom stereocenters. The van der Waals surface area contributed by atoms with E-state index in [1.54, 1.807) is 19.1 Å². The summed E-state index contributed by atoms with van der Waals surface area (Å²) in [7, 11) is 0. The number of anilines is 2. The molecule has 5 nitrogen and oxygen atoms in total. The first-order valence-electron chi connectivity index (χ1n) is 7.19. The largest absolute Gasteiger partial charge is 0.347 e. The van der Waals surface area contributed by atoms with Crippen LogP contribution in [0, 0.1) is 20.8 Å². The van der Waals surface area contributed by atoms with Crippen molar-refractivity contribution in [2.75, 3.05) is 11.9 Å². The Labute approximate surface area is 140 Å². The van der Waals surface area contributed by atoms with E-state index < -0.39 is 0 Å². The average molecular weight is 331 g/mol. The summed E-state index contributed by atoms with van der Waals surface area (Å²) in [6.45, 7) is 9.64. The zero-order chi connectivity index (χ0) is 17.0. The Kier molecular flexibility index (Phi) is 5.34. The third kappa shape index (κ3) is 4.29. The lowest BCUT2D eigenvalue weighted by molar-refractivity contribution is 0.0952. The van der Waals surface area contributed by atoms with E-state index in [1.807, 2.05) is 26.0 Å². The molecule has 120 valence electrons. The number of halogens is 1. The predicted octanol–water partition coefficient (Wildman–Crippen LogP) is 3.71. The fraction of sp³-hybridized carbons (Fsp3) is 0.235. The second-order valence-corrected chi connectivity index (χ2v) is 5.66. The number of carbonyl (C=O) groups is 1. The molecule has 0 saturated carbocycles. The highest BCUT2D eigenvalue weighted by Crippen LogP contribution is 2.29. The Morgan fingerprint density at radius 3 is 2.65 bits per heavy atom. The molecule has 2 aromatic rings. The molecular weight excluding hydrogens is 312 g/mol. The molecule has 6 heteroatoms. The molecule has 0 aliphatic carbocycles. The van der Waals surface area contributed by atoms with Crippen LogP contribution in [-0.2, 0) is 0 Å². The van der Waals surface area contributed by atoms with Crippen LogP contribution in [0.15, 0.2) is 30.9 Å². The molecule has 0 saturated heterocycles. The Hall–Kier alpha value is -2.40. The first-order chi connectivity index (χ1) is 10.9. The van der Waals surface area contributed by atoms with Gasteiger partial charge in [-0.05, 0) is 38.0 Å². The van der Waals surface area contributed by atoms with Crippen molar-refractivity contribution in [2.24, 2.45) is 0 Å². The van der Waals surface area contributed by atoms with E-state index in [0.717, 1.165) is 16.8 Å². The van der Waals surface area contributed by atoms with Crippen LogP contribution in [0.1, 0.15) is 27.4 Å². The highest BCUT2D eigenvalue weighted by atomic mass is 35.5. The van der Waals surface area contributed by atoms with E-state index in [2.05, 4.69) is 27.2 Å². The van der Waals surface area contributed by atoms with Gasteiger partial charge in [0, 0.05) is 12.6 Å². The number of aromatic nitrogens is 2. The van der Waals surface area contributed by atoms with E-state index >= 15 is 0 Å². The van der Waals surface area contributed by atoms with Gasteiger partial charge in [-0.15, -0.1) is 6.58 Å². The molecular formula is C17H19ClN4O. The van der Waals surface area contributed by atoms with Crippen LogP contribution in [-0.4, -0.2) is 22.4 Å². The molecule has 1 aromatic carbocycles. The number of nitrogens with zero attached hydrogens (tertiary/aromatic N) is 2. The fourth-order valence-corrected chi connectivity index (χ4v) is 2.57. The first-order valence-corrected chi connectivity index (χ1v) is 7.57. The number of aryl methyl sites for hydroxylation is 3. The topological polar surface area (TPSA) is 66.9 Å². The zero-order valence-electron chi connectivity index (χ0n) is 13.4. The molecule has 1 heterocycles. The Morgan fingerprint density at radius 1 is 1.26 bits per heavy atom. The molecule has 2 N–H and O–H groups in total. The number of hydrogen-bond donors (Lipinski definition) is 2. The molecule has 0 atom stereocenters. The minimum atomic E-state index is -0.273. The summed E-state index contributed by atoms with van der Waals surface area (Å²) in [5, 5.41) is 6.48. The highest BCUT2D eigenvalue weighted by molar-refractivity contribution is 6.33. The summed E-state index contributed by atoms with van der Waals surface area (Å²) in [6, 6.07) is 5.50. The summed E-state index contributed by atoms with van der Waals surface area (Å²) in [4.78, 5) is 20.5. The van der Waals surface area contributed by atoms with Crippen molar-refractivity contribution in [3.63, 3.8) is 0 Å². The van der Waals surface area contributed by atoms with Crippen LogP contribution in [0.25, 0.3) is 0 Å². The zero-order valence-corrected chi connectivity index (χ0v) is 14.2. The smallest absolute Gasteiger partial charge is 0.270 e. The number of hydrogen-bond acceptors (Lipinski definition) is 4. The van der Waals surface area contributed by atoms with Crippen molar-refractivity contribution >= 4 is 29.0 Å². The van der Waals surface area contributed by atoms with E-state index in [4.69, 9.17) is 11.6 Å². The van der Waals surface area contributed by atoms with Crippen LogP contribution < -0.4 is 10.6 Å². The second kappa shape index (κ2) is 7.24. The molecule has 0 aliphatic rings. The van der Waals surface area contributed by atoms with Crippen molar-refractivity contribution in [1.29, 1.82) is 0 Å². The van der Waals surface area contributed by atoms with Crippen LogP contribution in [0.5, 0.6) is 0 Å². The van der Waals surface area contributed by atoms with Gasteiger partial charge in [-0.1, -0.05) is 23.7 Å². The van der Waals surface area contributed by atoms with Crippen LogP contribution >= 0.6 is 11.6 Å². The van der Waals surface area contributed by atoms with Gasteiger partial charge in [0.15, 0.2) is 0 Å². The quantitative estimate of drug-likeness (QED) is 0.820.